The molecule has 2 unspecified atom stereocenters. The van der Waals surface area contributed by atoms with E-state index in [4.69, 9.17) is 0 Å². The number of nitrogens with zero attached hydrogens (tertiary/aromatic N) is 1. The summed E-state index contributed by atoms with van der Waals surface area (Å²) >= 11 is 0. The molecule has 6 heteroatoms. The Labute approximate surface area is 141 Å². The van der Waals surface area contributed by atoms with Crippen molar-refractivity contribution in [2.45, 2.75) is 71.9 Å². The van der Waals surface area contributed by atoms with Crippen LogP contribution in [0, 0.1) is 11.3 Å². The summed E-state index contributed by atoms with van der Waals surface area (Å²) in [6.07, 6.45) is 5.62. The van der Waals surface area contributed by atoms with Crippen LogP contribution in [0.3, 0.4) is 0 Å². The zero-order chi connectivity index (χ0) is 17.1. The summed E-state index contributed by atoms with van der Waals surface area (Å²) in [5.41, 5.74) is 0.387. The van der Waals surface area contributed by atoms with Crippen molar-refractivity contribution >= 4 is 15.8 Å². The molecule has 1 saturated carbocycles. The van der Waals surface area contributed by atoms with Crippen molar-refractivity contribution in [3.8, 4) is 0 Å². The molecule has 5 nitrogen and oxygen atoms in total. The third-order valence-electron chi connectivity index (χ3n) is 4.81. The van der Waals surface area contributed by atoms with Gasteiger partial charge in [0, 0.05) is 18.6 Å². The lowest BCUT2D eigenvalue weighted by molar-refractivity contribution is 0.210. The zero-order valence-corrected chi connectivity index (χ0v) is 15.9. The Bertz CT molecular complexity index is 526. The number of aliphatic imine (C=N–C) groups is 1. The molecule has 0 spiro atoms. The monoisotopic (exact) mass is 343 g/mol. The molecule has 0 amide bonds. The molecule has 2 aliphatic rings. The van der Waals surface area contributed by atoms with E-state index in [0.29, 0.717) is 35.5 Å². The third kappa shape index (κ3) is 6.32. The Kier molecular flexibility index (Phi) is 5.98. The Morgan fingerprint density at radius 2 is 2.04 bits per heavy atom. The summed E-state index contributed by atoms with van der Waals surface area (Å²) < 4.78 is 23.1. The fraction of sp³-hybridized carbons (Fsp3) is 0.941. The van der Waals surface area contributed by atoms with Gasteiger partial charge in [0.25, 0.3) is 0 Å². The first-order valence-electron chi connectivity index (χ1n) is 8.93. The largest absolute Gasteiger partial charge is 0.354 e. The number of hydrogen-bond acceptors (Lipinski definition) is 3. The topological polar surface area (TPSA) is 70.6 Å². The number of hydrogen-bond donors (Lipinski definition) is 2. The highest BCUT2D eigenvalue weighted by Gasteiger charge is 2.29. The predicted molar refractivity (Wildman–Crippen MR) is 96.5 cm³/mol. The van der Waals surface area contributed by atoms with Gasteiger partial charge in [-0.2, -0.15) is 0 Å². The lowest BCUT2D eigenvalue weighted by Gasteiger charge is -2.36. The average Bonchev–Trinajstić information content (AvgIpc) is 2.74. The summed E-state index contributed by atoms with van der Waals surface area (Å²) in [6.45, 7) is 9.45. The van der Waals surface area contributed by atoms with Gasteiger partial charge in [0.05, 0.1) is 11.5 Å². The Hall–Kier alpha value is -0.780. The van der Waals surface area contributed by atoms with Gasteiger partial charge in [-0.25, -0.2) is 8.42 Å². The van der Waals surface area contributed by atoms with Gasteiger partial charge in [-0.05, 0) is 50.9 Å². The van der Waals surface area contributed by atoms with E-state index in [-0.39, 0.29) is 5.92 Å². The first-order chi connectivity index (χ1) is 10.7. The molecule has 23 heavy (non-hydrogen) atoms. The highest BCUT2D eigenvalue weighted by Crippen LogP contribution is 2.35. The fourth-order valence-electron chi connectivity index (χ4n) is 3.66. The maximum Gasteiger partial charge on any atom is 0.191 e. The van der Waals surface area contributed by atoms with Crippen molar-refractivity contribution in [1.29, 1.82) is 0 Å². The molecule has 0 aromatic carbocycles. The minimum atomic E-state index is -2.82. The second-order valence-electron chi connectivity index (χ2n) is 8.36. The van der Waals surface area contributed by atoms with Crippen LogP contribution in [0.25, 0.3) is 0 Å². The smallest absolute Gasteiger partial charge is 0.191 e. The SMILES string of the molecule is CC(C)NC(=NCC1CCS(=O)(=O)C1)NC1CCCC(C)(C)C1. The standard InChI is InChI=1S/C17H33N3O2S/c1-13(2)19-16(18-11-14-7-9-23(21,22)12-14)20-15-6-5-8-17(3,4)10-15/h13-15H,5-12H2,1-4H3,(H2,18,19,20). The molecule has 1 saturated heterocycles. The lowest BCUT2D eigenvalue weighted by Crippen LogP contribution is -2.48. The van der Waals surface area contributed by atoms with Crippen molar-refractivity contribution in [3.63, 3.8) is 0 Å². The van der Waals surface area contributed by atoms with Gasteiger partial charge in [0.15, 0.2) is 15.8 Å². The van der Waals surface area contributed by atoms with Crippen LogP contribution in [0.15, 0.2) is 4.99 Å². The molecule has 2 N–H and O–H groups in total. The van der Waals surface area contributed by atoms with Crippen LogP contribution in [0.5, 0.6) is 0 Å². The minimum Gasteiger partial charge on any atom is -0.354 e. The lowest BCUT2D eigenvalue weighted by atomic mass is 9.75. The molecule has 2 fully saturated rings. The molecule has 2 atom stereocenters. The first kappa shape index (κ1) is 18.6. The summed E-state index contributed by atoms with van der Waals surface area (Å²) in [5, 5.41) is 6.97. The summed E-state index contributed by atoms with van der Waals surface area (Å²) in [7, 11) is -2.82. The Balaban J connectivity index is 1.95. The van der Waals surface area contributed by atoms with Gasteiger partial charge in [0.2, 0.25) is 0 Å². The van der Waals surface area contributed by atoms with Crippen molar-refractivity contribution in [2.75, 3.05) is 18.1 Å². The number of rotatable bonds is 4. The number of guanidine groups is 1. The number of nitrogens with one attached hydrogen (secondary N) is 2. The molecule has 1 aliphatic heterocycles. The van der Waals surface area contributed by atoms with Crippen LogP contribution >= 0.6 is 0 Å². The summed E-state index contributed by atoms with van der Waals surface area (Å²) in [6, 6.07) is 0.765. The molecule has 1 aliphatic carbocycles. The van der Waals surface area contributed by atoms with Gasteiger partial charge >= 0.3 is 0 Å². The molecule has 1 heterocycles. The van der Waals surface area contributed by atoms with Crippen molar-refractivity contribution in [3.05, 3.63) is 0 Å². The molecule has 0 aromatic rings. The molecule has 0 bridgehead atoms. The van der Waals surface area contributed by atoms with Crippen LogP contribution in [0.1, 0.15) is 59.8 Å². The van der Waals surface area contributed by atoms with Gasteiger partial charge in [0.1, 0.15) is 0 Å². The van der Waals surface area contributed by atoms with E-state index in [2.05, 4.69) is 43.3 Å². The Morgan fingerprint density at radius 1 is 1.30 bits per heavy atom. The molecule has 134 valence electrons. The van der Waals surface area contributed by atoms with E-state index in [1.165, 1.54) is 19.3 Å². The average molecular weight is 344 g/mol. The summed E-state index contributed by atoms with van der Waals surface area (Å²) in [4.78, 5) is 4.68. The van der Waals surface area contributed by atoms with Gasteiger partial charge in [-0.1, -0.05) is 20.3 Å². The van der Waals surface area contributed by atoms with Crippen LogP contribution < -0.4 is 10.6 Å². The van der Waals surface area contributed by atoms with E-state index in [0.717, 1.165) is 18.8 Å². The predicted octanol–water partition coefficient (Wildman–Crippen LogP) is 2.33. The van der Waals surface area contributed by atoms with Crippen molar-refractivity contribution in [1.82, 2.24) is 10.6 Å². The normalized spacial score (nSPS) is 30.4. The maximum absolute atomic E-state index is 11.6. The van der Waals surface area contributed by atoms with Gasteiger partial charge < -0.3 is 10.6 Å². The van der Waals surface area contributed by atoms with Crippen molar-refractivity contribution in [2.24, 2.45) is 16.3 Å². The highest BCUT2D eigenvalue weighted by atomic mass is 32.2. The Morgan fingerprint density at radius 3 is 2.61 bits per heavy atom. The van der Waals surface area contributed by atoms with E-state index in [1.807, 2.05) is 0 Å². The molecule has 0 aromatic heterocycles. The third-order valence-corrected chi connectivity index (χ3v) is 6.64. The fourth-order valence-corrected chi connectivity index (χ4v) is 5.51. The minimum absolute atomic E-state index is 0.175. The quantitative estimate of drug-likeness (QED) is 0.607. The second-order valence-corrected chi connectivity index (χ2v) is 10.6. The highest BCUT2D eigenvalue weighted by molar-refractivity contribution is 7.91. The van der Waals surface area contributed by atoms with Crippen LogP contribution in [0.2, 0.25) is 0 Å². The molecular weight excluding hydrogens is 310 g/mol. The van der Waals surface area contributed by atoms with Gasteiger partial charge in [-0.3, -0.25) is 4.99 Å². The second kappa shape index (κ2) is 7.41. The van der Waals surface area contributed by atoms with Crippen LogP contribution in [-0.2, 0) is 9.84 Å². The van der Waals surface area contributed by atoms with E-state index in [1.54, 1.807) is 0 Å². The van der Waals surface area contributed by atoms with Crippen LogP contribution in [-0.4, -0.2) is 44.5 Å². The number of sulfone groups is 1. The first-order valence-corrected chi connectivity index (χ1v) is 10.8. The zero-order valence-electron chi connectivity index (χ0n) is 15.1. The molecule has 2 rings (SSSR count). The molecular formula is C17H33N3O2S. The molecule has 0 radical (unpaired) electrons. The van der Waals surface area contributed by atoms with E-state index >= 15 is 0 Å². The van der Waals surface area contributed by atoms with E-state index < -0.39 is 9.84 Å². The van der Waals surface area contributed by atoms with E-state index in [9.17, 15) is 8.42 Å². The summed E-state index contributed by atoms with van der Waals surface area (Å²) in [5.74, 6) is 1.63. The maximum atomic E-state index is 11.6. The van der Waals surface area contributed by atoms with Gasteiger partial charge in [-0.15, -0.1) is 0 Å². The van der Waals surface area contributed by atoms with Crippen molar-refractivity contribution < 1.29 is 8.42 Å². The van der Waals surface area contributed by atoms with Crippen LogP contribution in [0.4, 0.5) is 0 Å².